The van der Waals surface area contributed by atoms with Gasteiger partial charge in [0, 0.05) is 17.2 Å². The Morgan fingerprint density at radius 3 is 1.12 bits per heavy atom. The van der Waals surface area contributed by atoms with Crippen LogP contribution in [0, 0.1) is 0 Å². The fourth-order valence-corrected chi connectivity index (χ4v) is 25.2. The van der Waals surface area contributed by atoms with E-state index in [1.165, 1.54) is 0 Å². The predicted octanol–water partition coefficient (Wildman–Crippen LogP) is 7.17. The van der Waals surface area contributed by atoms with Gasteiger partial charge >= 0.3 is 30.0 Å². The summed E-state index contributed by atoms with van der Waals surface area (Å²) in [7, 11) is -13.9. The molecular weight excluding hydrogens is 653 g/mol. The van der Waals surface area contributed by atoms with Crippen LogP contribution in [0.2, 0.25) is 104 Å². The van der Waals surface area contributed by atoms with Crippen molar-refractivity contribution < 1.29 is 39.6 Å². The number of carbonyl (C=O) groups excluding carboxylic acids is 2. The quantitative estimate of drug-likeness (QED) is 0.0883. The highest BCUT2D eigenvalue weighted by molar-refractivity contribution is 6.90. The van der Waals surface area contributed by atoms with Gasteiger partial charge in [-0.3, -0.25) is 0 Å². The molecule has 0 aliphatic heterocycles. The summed E-state index contributed by atoms with van der Waals surface area (Å²) >= 11 is 0. The summed E-state index contributed by atoms with van der Waals surface area (Å²) < 4.78 is 42.0. The minimum Gasteiger partial charge on any atom is -0.462 e. The Bertz CT molecular complexity index is 837. The highest BCUT2D eigenvalue weighted by Gasteiger charge is 2.51. The maximum Gasteiger partial charge on any atom is 0.509 e. The van der Waals surface area contributed by atoms with Crippen molar-refractivity contribution in [2.75, 3.05) is 12.8 Å². The van der Waals surface area contributed by atoms with Crippen LogP contribution in [0.1, 0.15) is 13.8 Å². The molecule has 9 nitrogen and oxygen atoms in total. The van der Waals surface area contributed by atoms with E-state index in [0.717, 1.165) is 0 Å². The lowest BCUT2D eigenvalue weighted by Gasteiger charge is -2.42. The number of hydrogen-bond donors (Lipinski definition) is 0. The van der Waals surface area contributed by atoms with Crippen molar-refractivity contribution in [2.45, 2.75) is 118 Å². The fraction of sp³-hybridized carbons (Fsp3) is 0.769. The van der Waals surface area contributed by atoms with Crippen LogP contribution in [0.15, 0.2) is 24.3 Å². The first kappa shape index (κ1) is 43.9. The Morgan fingerprint density at radius 2 is 0.857 bits per heavy atom. The summed E-state index contributed by atoms with van der Waals surface area (Å²) in [6.07, 6.45) is 0.0531. The molecule has 0 aliphatic carbocycles. The predicted molar refractivity (Wildman–Crippen MR) is 191 cm³/mol. The van der Waals surface area contributed by atoms with E-state index < -0.39 is 65.6 Å². The third-order valence-corrected chi connectivity index (χ3v) is 24.1. The standard InChI is InChI=1S/C14H34O5Si4.C12H28O4Si3/c1-13(2)14(15)16-12-23(17-20(3,4)5,18-21(6,7)8)19-22(9,10)11;1-11(2)12(13)14-9-10-17(15-18(3,4)5)16-19(6,7)8/h1,12H2,2-11H3;17H,1,9-10H2,2-8H3. The Balaban J connectivity index is 0. The minimum absolute atomic E-state index is 0.0531. The molecule has 0 saturated heterocycles. The lowest BCUT2D eigenvalue weighted by Crippen LogP contribution is -2.63. The van der Waals surface area contributed by atoms with Gasteiger partial charge in [0.15, 0.2) is 47.8 Å². The Labute approximate surface area is 265 Å². The molecule has 0 N–H and O–H groups in total. The Morgan fingerprint density at radius 1 is 0.548 bits per heavy atom. The van der Waals surface area contributed by atoms with E-state index in [1.807, 2.05) is 0 Å². The number of ether oxygens (including phenoxy) is 2. The van der Waals surface area contributed by atoms with Gasteiger partial charge in [0.05, 0.1) is 6.61 Å². The lowest BCUT2D eigenvalue weighted by molar-refractivity contribution is -0.139. The molecule has 0 radical (unpaired) electrons. The SMILES string of the molecule is C=C(C)C(=O)OCC[SiH](O[Si](C)(C)C)O[Si](C)(C)C.C=C(C)C(=O)OC[Si](O[Si](C)(C)C)(O[Si](C)(C)C)O[Si](C)(C)C. The summed E-state index contributed by atoms with van der Waals surface area (Å²) in [6.45, 7) is 42.6. The molecule has 248 valence electrons. The van der Waals surface area contributed by atoms with E-state index >= 15 is 0 Å². The zero-order valence-electron chi connectivity index (χ0n) is 29.8. The molecule has 0 unspecified atom stereocenters. The average molecular weight is 715 g/mol. The second-order valence-electron chi connectivity index (χ2n) is 15.3. The number of carbonyl (C=O) groups is 2. The third-order valence-electron chi connectivity index (χ3n) is 4.02. The van der Waals surface area contributed by atoms with E-state index in [9.17, 15) is 9.59 Å². The molecular formula is C26H62O9Si7. The number of hydrogen-bond acceptors (Lipinski definition) is 9. The molecule has 0 bridgehead atoms. The van der Waals surface area contributed by atoms with Gasteiger partial charge in [0.25, 0.3) is 0 Å². The van der Waals surface area contributed by atoms with Crippen molar-refractivity contribution >= 4 is 71.6 Å². The van der Waals surface area contributed by atoms with Crippen LogP contribution in [-0.2, 0) is 39.6 Å². The van der Waals surface area contributed by atoms with Gasteiger partial charge < -0.3 is 30.0 Å². The molecule has 0 fully saturated rings. The van der Waals surface area contributed by atoms with Crippen molar-refractivity contribution in [3.8, 4) is 0 Å². The van der Waals surface area contributed by atoms with Crippen LogP contribution >= 0.6 is 0 Å². The number of esters is 2. The molecule has 16 heteroatoms. The molecule has 0 amide bonds. The van der Waals surface area contributed by atoms with Crippen LogP contribution < -0.4 is 0 Å². The first-order chi connectivity index (χ1) is 18.4. The smallest absolute Gasteiger partial charge is 0.462 e. The zero-order chi connectivity index (χ0) is 34.0. The van der Waals surface area contributed by atoms with Crippen molar-refractivity contribution in [1.29, 1.82) is 0 Å². The summed E-state index contributed by atoms with van der Waals surface area (Å²) in [5.74, 6) is -0.770. The maximum absolute atomic E-state index is 11.9. The lowest BCUT2D eigenvalue weighted by atomic mass is 10.4. The van der Waals surface area contributed by atoms with Crippen LogP contribution in [0.4, 0.5) is 0 Å². The molecule has 0 aliphatic rings. The van der Waals surface area contributed by atoms with Crippen LogP contribution in [0.3, 0.4) is 0 Å². The first-order valence-electron chi connectivity index (χ1n) is 14.5. The molecule has 0 aromatic heterocycles. The molecule has 0 heterocycles. The van der Waals surface area contributed by atoms with Gasteiger partial charge in [0.1, 0.15) is 0 Å². The molecule has 0 aromatic rings. The minimum atomic E-state index is -3.11. The molecule has 42 heavy (non-hydrogen) atoms. The molecule has 0 saturated carbocycles. The number of rotatable bonds is 17. The highest BCUT2D eigenvalue weighted by Crippen LogP contribution is 2.26. The first-order valence-corrected chi connectivity index (χ1v) is 35.2. The second-order valence-corrected chi connectivity index (χ2v) is 43.8. The van der Waals surface area contributed by atoms with Gasteiger partial charge in [0.2, 0.25) is 0 Å². The van der Waals surface area contributed by atoms with Crippen LogP contribution in [0.5, 0.6) is 0 Å². The zero-order valence-corrected chi connectivity index (χ0v) is 36.9. The topological polar surface area (TPSA) is 98.8 Å². The Kier molecular flexibility index (Phi) is 18.2. The molecule has 0 atom stereocenters. The van der Waals surface area contributed by atoms with Gasteiger partial charge in [-0.05, 0) is 112 Å². The summed E-state index contributed by atoms with van der Waals surface area (Å²) in [5, 5.41) is 0. The second kappa shape index (κ2) is 17.4. The van der Waals surface area contributed by atoms with Gasteiger partial charge in [-0.2, -0.15) is 0 Å². The average Bonchev–Trinajstić information content (AvgIpc) is 2.65. The molecule has 0 rings (SSSR count). The Hall–Kier alpha value is -0.262. The summed E-state index contributed by atoms with van der Waals surface area (Å²) in [6, 6.07) is 0.702. The highest BCUT2D eigenvalue weighted by atomic mass is 28.5. The van der Waals surface area contributed by atoms with E-state index in [0.29, 0.717) is 23.8 Å². The van der Waals surface area contributed by atoms with Gasteiger partial charge in [-0.25, -0.2) is 9.59 Å². The molecule has 0 aromatic carbocycles. The summed E-state index contributed by atoms with van der Waals surface area (Å²) in [5.41, 5.74) is 0.789. The van der Waals surface area contributed by atoms with Crippen LogP contribution in [0.25, 0.3) is 0 Å². The fourth-order valence-electron chi connectivity index (χ4n) is 3.13. The van der Waals surface area contributed by atoms with Gasteiger partial charge in [-0.15, -0.1) is 0 Å². The third kappa shape index (κ3) is 26.2. The maximum atomic E-state index is 11.9. The van der Waals surface area contributed by atoms with E-state index in [-0.39, 0.29) is 12.2 Å². The summed E-state index contributed by atoms with van der Waals surface area (Å²) in [4.78, 5) is 23.2. The van der Waals surface area contributed by atoms with Crippen molar-refractivity contribution in [3.63, 3.8) is 0 Å². The molecule has 0 spiro atoms. The van der Waals surface area contributed by atoms with E-state index in [2.05, 4.69) is 111 Å². The van der Waals surface area contributed by atoms with Crippen LogP contribution in [-0.4, -0.2) is 84.5 Å². The van der Waals surface area contributed by atoms with Gasteiger partial charge in [-0.1, -0.05) is 13.2 Å². The van der Waals surface area contributed by atoms with E-state index in [1.54, 1.807) is 13.8 Å². The monoisotopic (exact) mass is 714 g/mol. The van der Waals surface area contributed by atoms with E-state index in [4.69, 9.17) is 30.0 Å². The largest absolute Gasteiger partial charge is 0.509 e. The van der Waals surface area contributed by atoms with Crippen molar-refractivity contribution in [1.82, 2.24) is 0 Å². The van der Waals surface area contributed by atoms with Crippen molar-refractivity contribution in [3.05, 3.63) is 24.3 Å². The normalized spacial score (nSPS) is 13.3. The van der Waals surface area contributed by atoms with Crippen molar-refractivity contribution in [2.24, 2.45) is 0 Å².